The van der Waals surface area contributed by atoms with Crippen LogP contribution in [0.4, 0.5) is 18.9 Å². The summed E-state index contributed by atoms with van der Waals surface area (Å²) >= 11 is 5.54. The van der Waals surface area contributed by atoms with E-state index in [4.69, 9.17) is 17.5 Å². The molecular weight excluding hydrogens is 527 g/mol. The Labute approximate surface area is 221 Å². The molecule has 0 unspecified atom stereocenters. The summed E-state index contributed by atoms with van der Waals surface area (Å²) in [6.45, 7) is 9.47. The van der Waals surface area contributed by atoms with Crippen molar-refractivity contribution >= 4 is 38.9 Å². The second kappa shape index (κ2) is 10.5. The lowest BCUT2D eigenvalue weighted by Crippen LogP contribution is -2.57. The molecule has 0 N–H and O–H groups in total. The fourth-order valence-corrected chi connectivity index (χ4v) is 6.68. The predicted molar refractivity (Wildman–Crippen MR) is 138 cm³/mol. The number of amides is 1. The molecule has 1 aromatic carbocycles. The molecule has 13 heteroatoms. The summed E-state index contributed by atoms with van der Waals surface area (Å²) in [5, 5.41) is 9.19. The van der Waals surface area contributed by atoms with Gasteiger partial charge in [0.2, 0.25) is 10.0 Å². The molecule has 0 bridgehead atoms. The molecule has 2 saturated heterocycles. The van der Waals surface area contributed by atoms with E-state index in [2.05, 4.69) is 4.90 Å². The van der Waals surface area contributed by atoms with Crippen molar-refractivity contribution in [3.63, 3.8) is 0 Å². The number of hydrogen-bond donors (Lipinski definition) is 0. The average Bonchev–Trinajstić information content (AvgIpc) is 2.95. The average molecular weight is 560 g/mol. The fraction of sp³-hybridized carbons (Fsp3) is 0.625. The van der Waals surface area contributed by atoms with Gasteiger partial charge in [-0.2, -0.15) is 22.7 Å². The summed E-state index contributed by atoms with van der Waals surface area (Å²) in [5.74, 6) is -0.435. The highest BCUT2D eigenvalue weighted by Crippen LogP contribution is 2.38. The Bertz CT molecular complexity index is 1210. The van der Waals surface area contributed by atoms with Crippen LogP contribution in [-0.2, 0) is 21.0 Å². The highest BCUT2D eigenvalue weighted by molar-refractivity contribution is 7.88. The highest BCUT2D eigenvalue weighted by Gasteiger charge is 2.49. The first-order valence-corrected chi connectivity index (χ1v) is 14.2. The maximum Gasteiger partial charge on any atom is 0.417 e. The van der Waals surface area contributed by atoms with Crippen LogP contribution in [0.1, 0.15) is 51.7 Å². The lowest BCUT2D eigenvalue weighted by Gasteiger charge is -2.43. The number of hydrogen-bond acceptors (Lipinski definition) is 6. The number of piperazine rings is 1. The molecule has 0 aliphatic carbocycles. The van der Waals surface area contributed by atoms with E-state index in [0.29, 0.717) is 26.1 Å². The molecule has 0 aromatic heterocycles. The molecule has 8 nitrogen and oxygen atoms in total. The van der Waals surface area contributed by atoms with E-state index in [-0.39, 0.29) is 22.9 Å². The minimum absolute atomic E-state index is 0.0246. The van der Waals surface area contributed by atoms with Crippen LogP contribution >= 0.6 is 12.2 Å². The Morgan fingerprint density at radius 2 is 1.76 bits per heavy atom. The van der Waals surface area contributed by atoms with Crippen molar-refractivity contribution in [1.82, 2.24) is 14.1 Å². The Morgan fingerprint density at radius 3 is 2.32 bits per heavy atom. The third-order valence-electron chi connectivity index (χ3n) is 7.07. The number of nitrogens with zero attached hydrogens (tertiary/aromatic N) is 5. The number of sulfonamides is 1. The monoisotopic (exact) mass is 559 g/mol. The van der Waals surface area contributed by atoms with Crippen LogP contribution < -0.4 is 4.90 Å². The van der Waals surface area contributed by atoms with Gasteiger partial charge in [0, 0.05) is 31.7 Å². The van der Waals surface area contributed by atoms with Crippen molar-refractivity contribution in [2.24, 2.45) is 0 Å². The van der Waals surface area contributed by atoms with Crippen LogP contribution in [0.15, 0.2) is 18.2 Å². The van der Waals surface area contributed by atoms with Gasteiger partial charge in [-0.25, -0.2) is 8.42 Å². The quantitative estimate of drug-likeness (QED) is 0.374. The fourth-order valence-electron chi connectivity index (χ4n) is 4.97. The lowest BCUT2D eigenvalue weighted by molar-refractivity contribution is -0.137. The number of thiocarbonyl (C=S) groups is 1. The van der Waals surface area contributed by atoms with Gasteiger partial charge in [-0.15, -0.1) is 0 Å². The van der Waals surface area contributed by atoms with Crippen molar-refractivity contribution < 1.29 is 26.4 Å². The number of anilines is 1. The van der Waals surface area contributed by atoms with Gasteiger partial charge in [0.1, 0.15) is 5.54 Å². The second-order valence-corrected chi connectivity index (χ2v) is 12.5. The van der Waals surface area contributed by atoms with Crippen LogP contribution in [0, 0.1) is 11.3 Å². The number of halogens is 3. The number of carbonyl (C=O) groups is 1. The third kappa shape index (κ3) is 5.92. The molecule has 3 rings (SSSR count). The SMILES string of the molecule is C[C@@H]1CN(S(C)(=O)=O)[C@@H](C)CN1CCCCN1C(=S)N(c2ccc(C#N)c(C(F)(F)F)c2)C(=O)C1(C)C. The normalized spacial score (nSPS) is 23.5. The largest absolute Gasteiger partial charge is 0.417 e. The van der Waals surface area contributed by atoms with Crippen LogP contribution in [0.5, 0.6) is 0 Å². The molecule has 0 saturated carbocycles. The first-order valence-electron chi connectivity index (χ1n) is 12.0. The van der Waals surface area contributed by atoms with Crippen molar-refractivity contribution in [3.05, 3.63) is 29.3 Å². The van der Waals surface area contributed by atoms with E-state index in [9.17, 15) is 26.4 Å². The second-order valence-electron chi connectivity index (χ2n) is 10.2. The van der Waals surface area contributed by atoms with Gasteiger partial charge in [0.05, 0.1) is 29.1 Å². The molecule has 1 amide bonds. The van der Waals surface area contributed by atoms with Crippen LogP contribution in [-0.4, -0.2) is 83.6 Å². The van der Waals surface area contributed by atoms with Crippen molar-refractivity contribution in [2.45, 2.75) is 64.3 Å². The van der Waals surface area contributed by atoms with E-state index in [1.54, 1.807) is 24.8 Å². The summed E-state index contributed by atoms with van der Waals surface area (Å²) in [4.78, 5) is 18.3. The van der Waals surface area contributed by atoms with E-state index < -0.39 is 38.8 Å². The minimum Gasteiger partial charge on any atom is -0.334 e. The molecule has 2 aliphatic rings. The van der Waals surface area contributed by atoms with Gasteiger partial charge in [-0.3, -0.25) is 14.6 Å². The summed E-state index contributed by atoms with van der Waals surface area (Å²) in [6, 6.07) is 4.62. The molecule has 2 heterocycles. The first-order chi connectivity index (χ1) is 17.0. The summed E-state index contributed by atoms with van der Waals surface area (Å²) in [6.07, 6.45) is -2.07. The number of benzene rings is 1. The number of rotatable bonds is 7. The Morgan fingerprint density at radius 1 is 1.14 bits per heavy atom. The molecule has 0 spiro atoms. The molecular formula is C24H32F3N5O3S2. The van der Waals surface area contributed by atoms with E-state index >= 15 is 0 Å². The topological polar surface area (TPSA) is 88.0 Å². The Kier molecular flexibility index (Phi) is 8.29. The maximum atomic E-state index is 13.5. The molecule has 2 fully saturated rings. The van der Waals surface area contributed by atoms with E-state index in [1.807, 2.05) is 13.8 Å². The number of nitriles is 1. The first kappa shape index (κ1) is 29.3. The van der Waals surface area contributed by atoms with Crippen molar-refractivity contribution in [1.29, 1.82) is 5.26 Å². The number of unbranched alkanes of at least 4 members (excludes halogenated alkanes) is 1. The molecule has 204 valence electrons. The van der Waals surface area contributed by atoms with E-state index in [0.717, 1.165) is 30.0 Å². The van der Waals surface area contributed by atoms with Gasteiger partial charge in [-0.05, 0) is 77.5 Å². The number of carbonyl (C=O) groups excluding carboxylic acids is 1. The molecule has 2 aliphatic heterocycles. The van der Waals surface area contributed by atoms with Crippen LogP contribution in [0.3, 0.4) is 0 Å². The van der Waals surface area contributed by atoms with Gasteiger partial charge < -0.3 is 4.90 Å². The minimum atomic E-state index is -4.75. The van der Waals surface area contributed by atoms with Gasteiger partial charge in [0.25, 0.3) is 5.91 Å². The van der Waals surface area contributed by atoms with Crippen molar-refractivity contribution in [3.8, 4) is 6.07 Å². The summed E-state index contributed by atoms with van der Waals surface area (Å²) in [5.41, 5.74) is -2.71. The van der Waals surface area contributed by atoms with Crippen LogP contribution in [0.25, 0.3) is 0 Å². The van der Waals surface area contributed by atoms with Gasteiger partial charge in [-0.1, -0.05) is 0 Å². The zero-order valence-corrected chi connectivity index (χ0v) is 23.2. The third-order valence-corrected chi connectivity index (χ3v) is 8.84. The molecule has 1 aromatic rings. The smallest absolute Gasteiger partial charge is 0.334 e. The van der Waals surface area contributed by atoms with Gasteiger partial charge >= 0.3 is 6.18 Å². The summed E-state index contributed by atoms with van der Waals surface area (Å²) < 4.78 is 65.9. The zero-order valence-electron chi connectivity index (χ0n) is 21.5. The Hall–Kier alpha value is -2.27. The standard InChI is InChI=1S/C24H32F3N5O3S2/c1-16-15-31(37(5,34)35)17(2)14-29(16)10-6-7-11-30-22(36)32(21(33)23(30,3)4)19-9-8-18(13-28)20(12-19)24(25,26)27/h8-9,12,16-17H,6-7,10-11,14-15H2,1-5H3/t16-,17+/m1/s1. The summed E-state index contributed by atoms with van der Waals surface area (Å²) in [7, 11) is -3.26. The van der Waals surface area contributed by atoms with E-state index in [1.165, 1.54) is 16.6 Å². The number of alkyl halides is 3. The lowest BCUT2D eigenvalue weighted by atomic mass is 10.0. The molecule has 37 heavy (non-hydrogen) atoms. The van der Waals surface area contributed by atoms with Crippen LogP contribution in [0.2, 0.25) is 0 Å². The van der Waals surface area contributed by atoms with Gasteiger partial charge in [0.15, 0.2) is 5.11 Å². The highest BCUT2D eigenvalue weighted by atomic mass is 32.2. The zero-order chi connectivity index (χ0) is 27.9. The molecule has 0 radical (unpaired) electrons. The predicted octanol–water partition coefficient (Wildman–Crippen LogP) is 3.42. The maximum absolute atomic E-state index is 13.5. The molecule has 2 atom stereocenters. The Balaban J connectivity index is 1.67. The van der Waals surface area contributed by atoms with Crippen molar-refractivity contribution in [2.75, 3.05) is 37.3 Å².